The number of aromatic carboxylic acids is 1. The van der Waals surface area contributed by atoms with Gasteiger partial charge in [-0.25, -0.2) is 44.9 Å². The standard InChI is InChI=1S/C26H24FN5O4S.C24H19FN6O6S/c1-14-4-6-18-21(13-37(35,36)24(18)16(14)3)31-26(34)22-11-20(30-23-8-9-29-32(22)23)25(33)28-12-17-5-7-19(27)15(2)10-17;1-12-6-13(2-5-16(12)25)9-26-21(32)17-8-19(31-24(30-17)27-11-28-31)22(33)29-18-10-38(36,37)20-7-14(23(34)35)3-4-15(18)20/h4-11,21H,12-13H2,1-3H3,(H,28,33)(H,31,34);2-8,11,18H,9-10H2,1H3,(H,26,32)(H,29,33)(H,34,35). The van der Waals surface area contributed by atoms with E-state index in [-0.39, 0.29) is 85.6 Å². The van der Waals surface area contributed by atoms with E-state index in [0.717, 1.165) is 22.5 Å². The van der Waals surface area contributed by atoms with Crippen molar-refractivity contribution in [3.8, 4) is 0 Å². The molecule has 10 rings (SSSR count). The molecule has 2 aliphatic rings. The second-order valence-corrected chi connectivity index (χ2v) is 21.7. The van der Waals surface area contributed by atoms with Crippen molar-refractivity contribution in [3.05, 3.63) is 182 Å². The van der Waals surface area contributed by atoms with E-state index in [1.807, 2.05) is 13.0 Å². The molecule has 2 unspecified atom stereocenters. The molecule has 0 fully saturated rings. The van der Waals surface area contributed by atoms with Crippen LogP contribution in [0.25, 0.3) is 11.4 Å². The Labute approximate surface area is 425 Å². The molecule has 4 aromatic carbocycles. The normalized spacial score (nSPS) is 15.8. The highest BCUT2D eigenvalue weighted by molar-refractivity contribution is 7.92. The predicted molar refractivity (Wildman–Crippen MR) is 262 cm³/mol. The number of fused-ring (bicyclic) bond motifs is 4. The molecule has 5 N–H and O–H groups in total. The first kappa shape index (κ1) is 51.1. The van der Waals surface area contributed by atoms with Gasteiger partial charge in [-0.2, -0.15) is 19.7 Å². The molecule has 6 heterocycles. The van der Waals surface area contributed by atoms with Gasteiger partial charge in [0, 0.05) is 31.3 Å². The van der Waals surface area contributed by atoms with Crippen LogP contribution in [0.15, 0.2) is 107 Å². The average Bonchev–Trinajstić information content (AvgIpc) is 4.16. The molecular weight excluding hydrogens is 1020 g/mol. The Bertz CT molecular complexity index is 3960. The number of aromatic nitrogens is 7. The van der Waals surface area contributed by atoms with Crippen molar-refractivity contribution >= 4 is 60.7 Å². The Hall–Kier alpha value is -8.84. The summed E-state index contributed by atoms with van der Waals surface area (Å²) >= 11 is 0. The van der Waals surface area contributed by atoms with E-state index in [9.17, 15) is 54.7 Å². The van der Waals surface area contributed by atoms with E-state index < -0.39 is 67.1 Å². The Balaban J connectivity index is 0.000000184. The molecule has 4 aromatic heterocycles. The first-order chi connectivity index (χ1) is 35.6. The molecule has 25 heteroatoms. The number of aryl methyl sites for hydroxylation is 3. The third-order valence-corrected chi connectivity index (χ3v) is 16.4. The molecular formula is C50H43F2N11O10S2. The second kappa shape index (κ2) is 19.9. The van der Waals surface area contributed by atoms with Crippen molar-refractivity contribution < 1.29 is 54.7 Å². The number of benzene rings is 4. The van der Waals surface area contributed by atoms with Crippen LogP contribution < -0.4 is 21.3 Å². The fourth-order valence-electron chi connectivity index (χ4n) is 8.68. The number of amides is 4. The lowest BCUT2D eigenvalue weighted by Gasteiger charge is -2.15. The number of nitrogens with one attached hydrogen (secondary N) is 4. The average molecular weight is 1060 g/mol. The van der Waals surface area contributed by atoms with E-state index in [1.165, 1.54) is 53.2 Å². The smallest absolute Gasteiger partial charge is 0.335 e. The van der Waals surface area contributed by atoms with Crippen LogP contribution >= 0.6 is 0 Å². The van der Waals surface area contributed by atoms with Gasteiger partial charge in [0.25, 0.3) is 29.4 Å². The third-order valence-electron chi connectivity index (χ3n) is 12.6. The molecule has 0 saturated carbocycles. The number of carboxylic acid groups (broad SMARTS) is 1. The fourth-order valence-corrected chi connectivity index (χ4v) is 12.5. The van der Waals surface area contributed by atoms with Crippen molar-refractivity contribution in [3.63, 3.8) is 0 Å². The molecule has 0 aliphatic carbocycles. The Morgan fingerprint density at radius 3 is 1.79 bits per heavy atom. The predicted octanol–water partition coefficient (Wildman–Crippen LogP) is 4.44. The molecule has 21 nitrogen and oxygen atoms in total. The van der Waals surface area contributed by atoms with Gasteiger partial charge in [0.05, 0.1) is 45.1 Å². The lowest BCUT2D eigenvalue weighted by Crippen LogP contribution is -2.32. The number of halogens is 2. The zero-order chi connectivity index (χ0) is 53.7. The molecule has 0 spiro atoms. The molecule has 2 aliphatic heterocycles. The SMILES string of the molecule is Cc1cc(CNC(=O)c2cc(C(=O)NC3CS(=O)(=O)c4c3ccc(C)c4C)n3nccc3n2)ccc1F.Cc1cc(CNC(=O)c2cc(C(=O)NC3CS(=O)(=O)c4cc(C(=O)O)ccc43)n3ncnc3n2)ccc1F. The minimum absolute atomic E-state index is 0.0112. The van der Waals surface area contributed by atoms with E-state index in [1.54, 1.807) is 51.1 Å². The van der Waals surface area contributed by atoms with Gasteiger partial charge >= 0.3 is 5.97 Å². The van der Waals surface area contributed by atoms with Gasteiger partial charge < -0.3 is 26.4 Å². The van der Waals surface area contributed by atoms with E-state index >= 15 is 0 Å². The number of sulfone groups is 2. The van der Waals surface area contributed by atoms with Crippen LogP contribution in [0.2, 0.25) is 0 Å². The fraction of sp³-hybridized carbons (Fsp3) is 0.200. The minimum Gasteiger partial charge on any atom is -0.478 e. The highest BCUT2D eigenvalue weighted by Gasteiger charge is 2.39. The number of hydrogen-bond acceptors (Lipinski definition) is 14. The first-order valence-electron chi connectivity index (χ1n) is 22.7. The van der Waals surface area contributed by atoms with E-state index in [4.69, 9.17) is 0 Å². The van der Waals surface area contributed by atoms with Crippen molar-refractivity contribution in [1.82, 2.24) is 55.4 Å². The molecule has 384 valence electrons. The number of nitrogens with zero attached hydrogens (tertiary/aromatic N) is 7. The summed E-state index contributed by atoms with van der Waals surface area (Å²) in [5.74, 6) is -5.22. The zero-order valence-corrected chi connectivity index (χ0v) is 41.7. The maximum absolute atomic E-state index is 13.5. The number of carboxylic acids is 1. The molecule has 0 bridgehead atoms. The van der Waals surface area contributed by atoms with Gasteiger partial charge in [0.1, 0.15) is 40.7 Å². The van der Waals surface area contributed by atoms with Crippen LogP contribution in [0.5, 0.6) is 0 Å². The lowest BCUT2D eigenvalue weighted by atomic mass is 10.0. The van der Waals surface area contributed by atoms with Gasteiger partial charge in [-0.3, -0.25) is 19.2 Å². The second-order valence-electron chi connectivity index (χ2n) is 17.8. The van der Waals surface area contributed by atoms with Gasteiger partial charge in [-0.05, 0) is 96.5 Å². The van der Waals surface area contributed by atoms with Crippen LogP contribution in [-0.4, -0.2) is 97.2 Å². The van der Waals surface area contributed by atoms with E-state index in [2.05, 4.69) is 46.4 Å². The van der Waals surface area contributed by atoms with Crippen LogP contribution in [0.1, 0.15) is 109 Å². The van der Waals surface area contributed by atoms with Crippen LogP contribution in [0, 0.1) is 39.3 Å². The maximum atomic E-state index is 13.5. The Morgan fingerprint density at radius 1 is 0.627 bits per heavy atom. The summed E-state index contributed by atoms with van der Waals surface area (Å²) in [4.78, 5) is 76.0. The van der Waals surface area contributed by atoms with Crippen molar-refractivity contribution in [2.45, 2.75) is 62.7 Å². The summed E-state index contributed by atoms with van der Waals surface area (Å²) in [5, 5.41) is 28.1. The molecule has 0 saturated heterocycles. The van der Waals surface area contributed by atoms with Gasteiger partial charge in [-0.1, -0.05) is 42.5 Å². The van der Waals surface area contributed by atoms with Gasteiger partial charge in [0.2, 0.25) is 0 Å². The maximum Gasteiger partial charge on any atom is 0.335 e. The first-order valence-corrected chi connectivity index (χ1v) is 26.1. The van der Waals surface area contributed by atoms with Gasteiger partial charge in [-0.15, -0.1) is 0 Å². The summed E-state index contributed by atoms with van der Waals surface area (Å²) in [7, 11) is -7.41. The number of carbonyl (C=O) groups excluding carboxylic acids is 4. The van der Waals surface area contributed by atoms with Gasteiger partial charge in [0.15, 0.2) is 25.3 Å². The number of hydrogen-bond donors (Lipinski definition) is 5. The number of rotatable bonds is 11. The Morgan fingerprint density at radius 2 is 1.19 bits per heavy atom. The third kappa shape index (κ3) is 10.3. The van der Waals surface area contributed by atoms with E-state index in [0.29, 0.717) is 33.4 Å². The lowest BCUT2D eigenvalue weighted by molar-refractivity contribution is 0.0695. The quantitative estimate of drug-likeness (QED) is 0.120. The minimum atomic E-state index is -3.84. The summed E-state index contributed by atoms with van der Waals surface area (Å²) in [6, 6.07) is 18.5. The highest BCUT2D eigenvalue weighted by atomic mass is 32.2. The summed E-state index contributed by atoms with van der Waals surface area (Å²) < 4.78 is 80.4. The zero-order valence-electron chi connectivity index (χ0n) is 40.0. The molecule has 8 aromatic rings. The van der Waals surface area contributed by atoms with Crippen LogP contribution in [0.3, 0.4) is 0 Å². The highest BCUT2D eigenvalue weighted by Crippen LogP contribution is 2.37. The summed E-state index contributed by atoms with van der Waals surface area (Å²) in [5.41, 5.74) is 4.42. The monoisotopic (exact) mass is 1060 g/mol. The van der Waals surface area contributed by atoms with Crippen molar-refractivity contribution in [1.29, 1.82) is 0 Å². The topological polar surface area (TPSA) is 295 Å². The molecule has 75 heavy (non-hydrogen) atoms. The molecule has 2 atom stereocenters. The van der Waals surface area contributed by atoms with Crippen LogP contribution in [0.4, 0.5) is 8.78 Å². The van der Waals surface area contributed by atoms with Crippen molar-refractivity contribution in [2.75, 3.05) is 11.5 Å². The summed E-state index contributed by atoms with van der Waals surface area (Å²) in [6.07, 6.45) is 2.59. The van der Waals surface area contributed by atoms with Crippen LogP contribution in [-0.2, 0) is 32.8 Å². The summed E-state index contributed by atoms with van der Waals surface area (Å²) in [6.45, 7) is 7.05. The molecule has 4 amide bonds. The molecule has 0 radical (unpaired) electrons. The van der Waals surface area contributed by atoms with Crippen molar-refractivity contribution in [2.24, 2.45) is 0 Å². The largest absolute Gasteiger partial charge is 0.478 e. The number of carbonyl (C=O) groups is 5. The Kier molecular flexibility index (Phi) is 13.5.